The van der Waals surface area contributed by atoms with Gasteiger partial charge in [0.2, 0.25) is 11.8 Å². The third kappa shape index (κ3) is 7.41. The number of ether oxygens (including phenoxy) is 3. The molecule has 1 heterocycles. The van der Waals surface area contributed by atoms with E-state index in [9.17, 15) is 24.0 Å². The van der Waals surface area contributed by atoms with Gasteiger partial charge in [-0.1, -0.05) is 29.8 Å². The summed E-state index contributed by atoms with van der Waals surface area (Å²) in [5, 5.41) is 10.5. The molecule has 0 aromatic heterocycles. The average Bonchev–Trinajstić information content (AvgIpc) is 3.20. The molecule has 1 aromatic rings. The number of hydrogen-bond donors (Lipinski definition) is 4. The molecule has 12 nitrogen and oxygen atoms in total. The smallest absolute Gasteiger partial charge is 0.408 e. The molecule has 4 N–H and O–H groups in total. The Balaban J connectivity index is 2.32. The Kier molecular flexibility index (Phi) is 9.40. The quantitative estimate of drug-likeness (QED) is 0.286. The summed E-state index contributed by atoms with van der Waals surface area (Å²) in [5.74, 6) is -2.68. The van der Waals surface area contributed by atoms with Crippen LogP contribution in [-0.4, -0.2) is 74.3 Å². The summed E-state index contributed by atoms with van der Waals surface area (Å²) in [4.78, 5) is 62.3. The molecule has 36 heavy (non-hydrogen) atoms. The summed E-state index contributed by atoms with van der Waals surface area (Å²) >= 11 is 0. The van der Waals surface area contributed by atoms with Crippen LogP contribution in [0.25, 0.3) is 0 Å². The van der Waals surface area contributed by atoms with Gasteiger partial charge in [0, 0.05) is 6.42 Å². The maximum atomic E-state index is 13.1. The van der Waals surface area contributed by atoms with Crippen LogP contribution in [0.2, 0.25) is 0 Å². The fourth-order valence-corrected chi connectivity index (χ4v) is 3.82. The number of amides is 3. The van der Waals surface area contributed by atoms with Crippen LogP contribution in [0.3, 0.4) is 0 Å². The molecule has 0 radical (unpaired) electrons. The van der Waals surface area contributed by atoms with Crippen LogP contribution in [0.5, 0.6) is 0 Å². The van der Waals surface area contributed by atoms with Crippen molar-refractivity contribution in [1.82, 2.24) is 21.3 Å². The Morgan fingerprint density at radius 2 is 1.64 bits per heavy atom. The Labute approximate surface area is 209 Å². The third-order valence-corrected chi connectivity index (χ3v) is 5.45. The minimum atomic E-state index is -1.69. The number of benzene rings is 1. The van der Waals surface area contributed by atoms with Crippen molar-refractivity contribution in [3.63, 3.8) is 0 Å². The highest BCUT2D eigenvalue weighted by molar-refractivity contribution is 5.94. The first-order valence-electron chi connectivity index (χ1n) is 11.3. The van der Waals surface area contributed by atoms with E-state index in [1.54, 1.807) is 32.9 Å². The third-order valence-electron chi connectivity index (χ3n) is 5.45. The molecule has 198 valence electrons. The fourth-order valence-electron chi connectivity index (χ4n) is 3.82. The summed E-state index contributed by atoms with van der Waals surface area (Å²) in [7, 11) is 2.37. The predicted octanol–water partition coefficient (Wildman–Crippen LogP) is 0.240. The molecule has 0 bridgehead atoms. The highest BCUT2D eigenvalue weighted by Gasteiger charge is 2.56. The van der Waals surface area contributed by atoms with E-state index in [-0.39, 0.29) is 13.0 Å². The number of alkyl carbamates (subject to hydrolysis) is 1. The normalized spacial score (nSPS) is 21.2. The summed E-state index contributed by atoms with van der Waals surface area (Å²) in [6.07, 6.45) is -0.979. The van der Waals surface area contributed by atoms with E-state index in [2.05, 4.69) is 26.0 Å². The first-order chi connectivity index (χ1) is 16.8. The van der Waals surface area contributed by atoms with E-state index in [0.717, 1.165) is 5.56 Å². The largest absolute Gasteiger partial charge is 0.468 e. The van der Waals surface area contributed by atoms with Gasteiger partial charge in [-0.15, -0.1) is 0 Å². The van der Waals surface area contributed by atoms with E-state index < -0.39 is 59.6 Å². The van der Waals surface area contributed by atoms with Crippen molar-refractivity contribution in [3.8, 4) is 0 Å². The van der Waals surface area contributed by atoms with Crippen LogP contribution in [0.4, 0.5) is 4.79 Å². The van der Waals surface area contributed by atoms with E-state index in [1.807, 2.05) is 19.1 Å². The SMILES string of the molecule is COC(=O)CNC(=O)[C@H]1C[C@@](NC(=O)CNC(=O)OC(C)(C)C)(C(=O)OC)[C@@H](c2ccc(C)cc2)N1. The van der Waals surface area contributed by atoms with Gasteiger partial charge in [-0.2, -0.15) is 0 Å². The molecule has 1 aliphatic rings. The molecule has 0 saturated carbocycles. The van der Waals surface area contributed by atoms with Gasteiger partial charge in [-0.05, 0) is 33.3 Å². The van der Waals surface area contributed by atoms with Crippen LogP contribution in [0.1, 0.15) is 44.4 Å². The molecule has 3 amide bonds. The number of rotatable bonds is 8. The van der Waals surface area contributed by atoms with Gasteiger partial charge in [-0.25, -0.2) is 9.59 Å². The topological polar surface area (TPSA) is 161 Å². The molecular formula is C24H34N4O8. The van der Waals surface area contributed by atoms with Gasteiger partial charge in [0.1, 0.15) is 18.7 Å². The zero-order chi connectivity index (χ0) is 27.1. The van der Waals surface area contributed by atoms with Crippen LogP contribution in [0, 0.1) is 6.92 Å². The summed E-state index contributed by atoms with van der Waals surface area (Å²) in [6, 6.07) is 5.38. The van der Waals surface area contributed by atoms with Crippen LogP contribution < -0.4 is 21.3 Å². The molecule has 1 aliphatic heterocycles. The summed E-state index contributed by atoms with van der Waals surface area (Å²) in [6.45, 7) is 6.10. The number of esters is 2. The first kappa shape index (κ1) is 28.6. The van der Waals surface area contributed by atoms with E-state index in [0.29, 0.717) is 5.56 Å². The number of methoxy groups -OCH3 is 2. The van der Waals surface area contributed by atoms with Crippen LogP contribution in [0.15, 0.2) is 24.3 Å². The van der Waals surface area contributed by atoms with Gasteiger partial charge >= 0.3 is 18.0 Å². The second kappa shape index (κ2) is 11.8. The maximum absolute atomic E-state index is 13.1. The van der Waals surface area contributed by atoms with Crippen molar-refractivity contribution in [2.45, 2.75) is 57.3 Å². The van der Waals surface area contributed by atoms with Gasteiger partial charge < -0.3 is 30.2 Å². The predicted molar refractivity (Wildman–Crippen MR) is 128 cm³/mol. The molecule has 1 saturated heterocycles. The van der Waals surface area contributed by atoms with Crippen molar-refractivity contribution in [1.29, 1.82) is 0 Å². The van der Waals surface area contributed by atoms with Gasteiger partial charge in [0.25, 0.3) is 0 Å². The second-order valence-corrected chi connectivity index (χ2v) is 9.43. The van der Waals surface area contributed by atoms with Gasteiger partial charge in [-0.3, -0.25) is 19.7 Å². The summed E-state index contributed by atoms with van der Waals surface area (Å²) < 4.78 is 14.7. The number of carbonyl (C=O) groups is 5. The molecule has 0 unspecified atom stereocenters. The number of carbonyl (C=O) groups excluding carboxylic acids is 5. The van der Waals surface area contributed by atoms with Crippen molar-refractivity contribution >= 4 is 29.8 Å². The van der Waals surface area contributed by atoms with Crippen molar-refractivity contribution in [2.24, 2.45) is 0 Å². The van der Waals surface area contributed by atoms with E-state index in [4.69, 9.17) is 9.47 Å². The molecule has 3 atom stereocenters. The Bertz CT molecular complexity index is 989. The molecule has 1 fully saturated rings. The van der Waals surface area contributed by atoms with Crippen LogP contribution in [-0.2, 0) is 33.4 Å². The minimum Gasteiger partial charge on any atom is -0.468 e. The Morgan fingerprint density at radius 3 is 2.19 bits per heavy atom. The average molecular weight is 507 g/mol. The van der Waals surface area contributed by atoms with Crippen LogP contribution >= 0.6 is 0 Å². The van der Waals surface area contributed by atoms with Crippen molar-refractivity contribution in [3.05, 3.63) is 35.4 Å². The molecule has 0 aliphatic carbocycles. The monoisotopic (exact) mass is 506 g/mol. The Hall–Kier alpha value is -3.67. The van der Waals surface area contributed by atoms with Crippen molar-refractivity contribution in [2.75, 3.05) is 27.3 Å². The molecule has 0 spiro atoms. The minimum absolute atomic E-state index is 0.177. The number of nitrogens with one attached hydrogen (secondary N) is 4. The fraction of sp³-hybridized carbons (Fsp3) is 0.542. The van der Waals surface area contributed by atoms with E-state index in [1.165, 1.54) is 14.2 Å². The van der Waals surface area contributed by atoms with Gasteiger partial charge in [0.15, 0.2) is 5.54 Å². The lowest BCUT2D eigenvalue weighted by atomic mass is 9.84. The maximum Gasteiger partial charge on any atom is 0.408 e. The lowest BCUT2D eigenvalue weighted by Crippen LogP contribution is -2.59. The summed E-state index contributed by atoms with van der Waals surface area (Å²) in [5.41, 5.74) is -0.859. The van der Waals surface area contributed by atoms with Crippen molar-refractivity contribution < 1.29 is 38.2 Å². The lowest BCUT2D eigenvalue weighted by Gasteiger charge is -2.33. The molecular weight excluding hydrogens is 472 g/mol. The molecule has 2 rings (SSSR count). The Morgan fingerprint density at radius 1 is 1.00 bits per heavy atom. The lowest BCUT2D eigenvalue weighted by molar-refractivity contribution is -0.151. The number of hydrogen-bond acceptors (Lipinski definition) is 9. The first-order valence-corrected chi connectivity index (χ1v) is 11.3. The number of aryl methyl sites for hydroxylation is 1. The highest BCUT2D eigenvalue weighted by Crippen LogP contribution is 2.38. The second-order valence-electron chi connectivity index (χ2n) is 9.43. The molecule has 12 heteroatoms. The molecule has 1 aromatic carbocycles. The zero-order valence-electron chi connectivity index (χ0n) is 21.4. The highest BCUT2D eigenvalue weighted by atomic mass is 16.6. The zero-order valence-corrected chi connectivity index (χ0v) is 21.4. The van der Waals surface area contributed by atoms with Gasteiger partial charge in [0.05, 0.1) is 26.3 Å². The van der Waals surface area contributed by atoms with E-state index >= 15 is 0 Å². The standard InChI is InChI=1S/C24H34N4O8/c1-14-7-9-15(10-8-14)19-24(21(32)35-6,11-16(27-19)20(31)25-13-18(30)34-5)28-17(29)12-26-22(33)36-23(2,3)4/h7-10,16,19,27H,11-13H2,1-6H3,(H,25,31)(H,26,33)(H,28,29)/t16-,19-,24+/m1/s1.